The number of carbonyl (C=O) groups excluding carboxylic acids is 1. The lowest BCUT2D eigenvalue weighted by atomic mass is 10.2. The minimum atomic E-state index is -0.269. The molecule has 0 aliphatic carbocycles. The van der Waals surface area contributed by atoms with E-state index in [1.165, 1.54) is 0 Å². The van der Waals surface area contributed by atoms with E-state index in [2.05, 4.69) is 15.8 Å². The van der Waals surface area contributed by atoms with Gasteiger partial charge in [-0.1, -0.05) is 29.3 Å². The van der Waals surface area contributed by atoms with Crippen LogP contribution < -0.4 is 21.3 Å². The van der Waals surface area contributed by atoms with Crippen LogP contribution in [0.5, 0.6) is 11.5 Å². The Balaban J connectivity index is 1.47. The molecule has 0 aliphatic heterocycles. The van der Waals surface area contributed by atoms with Gasteiger partial charge < -0.3 is 20.8 Å². The smallest absolute Gasteiger partial charge is 0.267 e. The molecule has 6 N–H and O–H groups in total. The summed E-state index contributed by atoms with van der Waals surface area (Å²) in [7, 11) is 0. The van der Waals surface area contributed by atoms with Crippen LogP contribution in [-0.2, 0) is 6.54 Å². The van der Waals surface area contributed by atoms with Crippen molar-refractivity contribution in [3.8, 4) is 11.5 Å². The summed E-state index contributed by atoms with van der Waals surface area (Å²) in [6.07, 6.45) is 0. The van der Waals surface area contributed by atoms with Gasteiger partial charge in [0.25, 0.3) is 5.91 Å². The zero-order valence-corrected chi connectivity index (χ0v) is 17.6. The molecule has 0 atom stereocenters. The quantitative estimate of drug-likeness (QED) is 0.192. The van der Waals surface area contributed by atoms with Crippen LogP contribution in [0.25, 0.3) is 10.9 Å². The predicted octanol–water partition coefficient (Wildman–Crippen LogP) is 5.58. The summed E-state index contributed by atoms with van der Waals surface area (Å²) in [5.41, 5.74) is 10.9. The first-order valence-electron chi connectivity index (χ1n) is 9.25. The first-order chi connectivity index (χ1) is 14.9. The van der Waals surface area contributed by atoms with E-state index in [4.69, 9.17) is 38.9 Å². The molecule has 0 saturated carbocycles. The Bertz CT molecular complexity index is 1250. The van der Waals surface area contributed by atoms with Crippen LogP contribution in [0.3, 0.4) is 0 Å². The van der Waals surface area contributed by atoms with Gasteiger partial charge in [0.15, 0.2) is 0 Å². The van der Waals surface area contributed by atoms with Crippen molar-refractivity contribution in [3.63, 3.8) is 0 Å². The molecule has 4 aromatic rings. The first kappa shape index (κ1) is 20.9. The van der Waals surface area contributed by atoms with Crippen molar-refractivity contribution in [1.82, 2.24) is 10.3 Å². The number of halogens is 2. The van der Waals surface area contributed by atoms with Crippen LogP contribution >= 0.6 is 23.2 Å². The van der Waals surface area contributed by atoms with Crippen LogP contribution in [0, 0.1) is 0 Å². The van der Waals surface area contributed by atoms with Gasteiger partial charge >= 0.3 is 0 Å². The van der Waals surface area contributed by atoms with E-state index < -0.39 is 0 Å². The number of hydrogen-bond donors (Lipinski definition) is 5. The fourth-order valence-corrected chi connectivity index (χ4v) is 3.50. The van der Waals surface area contributed by atoms with Crippen LogP contribution in [0.15, 0.2) is 60.7 Å². The highest BCUT2D eigenvalue weighted by atomic mass is 35.5. The number of aromatic nitrogens is 1. The molecule has 0 aliphatic rings. The van der Waals surface area contributed by atoms with Crippen LogP contribution in [-0.4, -0.2) is 16.1 Å². The molecule has 0 radical (unpaired) electrons. The molecule has 9 heteroatoms. The fraction of sp³-hybridized carbons (Fsp3) is 0.0455. The van der Waals surface area contributed by atoms with Gasteiger partial charge in [-0.3, -0.25) is 15.5 Å². The zero-order valence-electron chi connectivity index (χ0n) is 16.1. The summed E-state index contributed by atoms with van der Waals surface area (Å²) in [5, 5.41) is 13.5. The number of nitrogen functional groups attached to an aromatic ring is 1. The second kappa shape index (κ2) is 8.77. The van der Waals surface area contributed by atoms with Gasteiger partial charge in [-0.05, 0) is 54.1 Å². The molecule has 31 heavy (non-hydrogen) atoms. The van der Waals surface area contributed by atoms with E-state index in [1.54, 1.807) is 60.7 Å². The topological polar surface area (TPSA) is 112 Å². The Hall–Kier alpha value is -3.39. The van der Waals surface area contributed by atoms with E-state index in [-0.39, 0.29) is 12.5 Å². The largest absolute Gasteiger partial charge is 0.456 e. The second-order valence-corrected chi connectivity index (χ2v) is 7.71. The van der Waals surface area contributed by atoms with Gasteiger partial charge in [-0.15, -0.1) is 0 Å². The highest BCUT2D eigenvalue weighted by Crippen LogP contribution is 2.32. The minimum absolute atomic E-state index is 0.267. The third-order valence-electron chi connectivity index (χ3n) is 4.56. The molecule has 1 amide bonds. The van der Waals surface area contributed by atoms with Gasteiger partial charge in [0.05, 0.1) is 10.7 Å². The van der Waals surface area contributed by atoms with Crippen molar-refractivity contribution in [3.05, 3.63) is 82.0 Å². The molecule has 0 saturated heterocycles. The lowest BCUT2D eigenvalue weighted by Crippen LogP contribution is -2.23. The summed E-state index contributed by atoms with van der Waals surface area (Å²) >= 11 is 12.3. The van der Waals surface area contributed by atoms with Crippen LogP contribution in [0.4, 0.5) is 11.4 Å². The number of ether oxygens (including phenoxy) is 1. The summed E-state index contributed by atoms with van der Waals surface area (Å²) < 4.78 is 5.82. The molecule has 4 rings (SSSR count). The van der Waals surface area contributed by atoms with Crippen molar-refractivity contribution in [1.29, 1.82) is 0 Å². The number of nitrogens with one attached hydrogen (secondary N) is 3. The maximum Gasteiger partial charge on any atom is 0.267 e. The number of benzene rings is 3. The van der Waals surface area contributed by atoms with Crippen molar-refractivity contribution < 1.29 is 14.7 Å². The molecule has 1 heterocycles. The maximum atomic E-state index is 12.6. The number of aromatic amines is 1. The fourth-order valence-electron chi connectivity index (χ4n) is 3.11. The minimum Gasteiger partial charge on any atom is -0.456 e. The molecule has 3 aromatic carbocycles. The maximum absolute atomic E-state index is 12.6. The molecular formula is C22H18Cl2N4O3. The number of hydrogen-bond acceptors (Lipinski definition) is 5. The van der Waals surface area contributed by atoms with E-state index in [9.17, 15) is 4.79 Å². The van der Waals surface area contributed by atoms with Gasteiger partial charge in [0, 0.05) is 34.2 Å². The van der Waals surface area contributed by atoms with Crippen molar-refractivity contribution in [2.75, 3.05) is 11.2 Å². The normalized spacial score (nSPS) is 10.8. The summed E-state index contributed by atoms with van der Waals surface area (Å²) in [5.74, 6) is 0.613. The zero-order chi connectivity index (χ0) is 22.0. The lowest BCUT2D eigenvalue weighted by Gasteiger charge is -2.11. The molecule has 158 valence electrons. The van der Waals surface area contributed by atoms with E-state index >= 15 is 0 Å². The summed E-state index contributed by atoms with van der Waals surface area (Å²) in [6.45, 7) is 0.267. The highest BCUT2D eigenvalue weighted by molar-refractivity contribution is 6.32. The summed E-state index contributed by atoms with van der Waals surface area (Å²) in [6, 6.07) is 17.0. The standard InChI is InChI=1S/C22H18Cl2N4O3/c23-14-8-15(25)10-17(9-14)31-21-5-12(1-3-18(21)24)11-26-22(29)20-7-13-6-16(28-30)2-4-19(13)27-20/h1-10,27-28,30H,11,25H2,(H,26,29). The number of H-pyrrole nitrogens is 1. The SMILES string of the molecule is Nc1cc(Cl)cc(Oc2cc(CNC(=O)c3cc4cc(NO)ccc4[nH]3)ccc2Cl)c1. The van der Waals surface area contributed by atoms with Crippen molar-refractivity contribution >= 4 is 51.4 Å². The third kappa shape index (κ3) is 4.86. The Kier molecular flexibility index (Phi) is 5.90. The Morgan fingerprint density at radius 2 is 1.90 bits per heavy atom. The molecule has 0 spiro atoms. The van der Waals surface area contributed by atoms with E-state index in [0.29, 0.717) is 38.6 Å². The Labute approximate surface area is 187 Å². The molecule has 1 aromatic heterocycles. The van der Waals surface area contributed by atoms with Gasteiger partial charge in [0.1, 0.15) is 17.2 Å². The number of rotatable bonds is 6. The van der Waals surface area contributed by atoms with Crippen molar-refractivity contribution in [2.24, 2.45) is 0 Å². The average Bonchev–Trinajstić information content (AvgIpc) is 3.16. The van der Waals surface area contributed by atoms with Crippen LogP contribution in [0.1, 0.15) is 16.1 Å². The van der Waals surface area contributed by atoms with Gasteiger partial charge in [-0.2, -0.15) is 0 Å². The van der Waals surface area contributed by atoms with Crippen molar-refractivity contribution in [2.45, 2.75) is 6.54 Å². The first-order valence-corrected chi connectivity index (χ1v) is 10.0. The Morgan fingerprint density at radius 3 is 2.68 bits per heavy atom. The molecule has 7 nitrogen and oxygen atoms in total. The van der Waals surface area contributed by atoms with E-state index in [1.807, 2.05) is 0 Å². The number of carbonyl (C=O) groups is 1. The molecule has 0 unspecified atom stereocenters. The summed E-state index contributed by atoms with van der Waals surface area (Å²) in [4.78, 5) is 15.6. The van der Waals surface area contributed by atoms with Gasteiger partial charge in [0.2, 0.25) is 0 Å². The number of fused-ring (bicyclic) bond motifs is 1. The third-order valence-corrected chi connectivity index (χ3v) is 5.10. The highest BCUT2D eigenvalue weighted by Gasteiger charge is 2.11. The molecule has 0 bridgehead atoms. The second-order valence-electron chi connectivity index (χ2n) is 6.87. The molecular weight excluding hydrogens is 439 g/mol. The van der Waals surface area contributed by atoms with Gasteiger partial charge in [-0.25, -0.2) is 0 Å². The molecule has 0 fully saturated rings. The number of amides is 1. The monoisotopic (exact) mass is 456 g/mol. The predicted molar refractivity (Wildman–Crippen MR) is 122 cm³/mol. The average molecular weight is 457 g/mol. The van der Waals surface area contributed by atoms with Crippen LogP contribution in [0.2, 0.25) is 10.0 Å². The number of nitrogens with two attached hydrogens (primary N) is 1. The van der Waals surface area contributed by atoms with E-state index in [0.717, 1.165) is 16.5 Å². The lowest BCUT2D eigenvalue weighted by molar-refractivity contribution is 0.0946. The Morgan fingerprint density at radius 1 is 1.06 bits per heavy atom. The number of anilines is 2.